The summed E-state index contributed by atoms with van der Waals surface area (Å²) in [5, 5.41) is 20.7. The van der Waals surface area contributed by atoms with E-state index in [0.29, 0.717) is 36.1 Å². The molecule has 0 heterocycles. The number of phenols is 2. The molecule has 0 bridgehead atoms. The number of benzene rings is 3. The van der Waals surface area contributed by atoms with E-state index in [9.17, 15) is 10.2 Å². The predicted octanol–water partition coefficient (Wildman–Crippen LogP) is 7.38. The number of hydrogen-bond acceptors (Lipinski definition) is 3. The van der Waals surface area contributed by atoms with Crippen LogP contribution < -0.4 is 0 Å². The normalized spacial score (nSPS) is 11.3. The molecule has 27 heavy (non-hydrogen) atoms. The van der Waals surface area contributed by atoms with Crippen molar-refractivity contribution < 1.29 is 10.2 Å². The molecule has 0 saturated heterocycles. The summed E-state index contributed by atoms with van der Waals surface area (Å²) in [5.74, 6) is 0.229. The zero-order chi connectivity index (χ0) is 19.6. The molecule has 0 spiro atoms. The number of halogens is 4. The van der Waals surface area contributed by atoms with Gasteiger partial charge in [0.15, 0.2) is 0 Å². The monoisotopic (exact) mass is 571 g/mol. The lowest BCUT2D eigenvalue weighted by Gasteiger charge is -2.09. The molecule has 3 nitrogen and oxygen atoms in total. The Morgan fingerprint density at radius 3 is 2.26 bits per heavy atom. The Balaban J connectivity index is 1.96. The number of aliphatic imine (C=N–C) groups is 1. The Bertz CT molecular complexity index is 1010. The lowest BCUT2D eigenvalue weighted by molar-refractivity contribution is 0.470. The fourth-order valence-electron chi connectivity index (χ4n) is 2.55. The number of hydrogen-bond donors (Lipinski definition) is 2. The predicted molar refractivity (Wildman–Crippen MR) is 121 cm³/mol. The maximum Gasteiger partial charge on any atom is 0.138 e. The molecule has 0 aliphatic rings. The molecule has 0 unspecified atom stereocenters. The zero-order valence-corrected chi connectivity index (χ0v) is 19.3. The first-order valence-electron chi connectivity index (χ1n) is 7.82. The smallest absolute Gasteiger partial charge is 0.138 e. The van der Waals surface area contributed by atoms with Gasteiger partial charge in [0.1, 0.15) is 11.5 Å². The van der Waals surface area contributed by atoms with Gasteiger partial charge in [-0.05, 0) is 95.7 Å². The fraction of sp³-hybridized carbons (Fsp3) is 0.0500. The summed E-state index contributed by atoms with van der Waals surface area (Å²) in [5.41, 5.74) is 3.17. The maximum atomic E-state index is 10.4. The molecule has 0 atom stereocenters. The third kappa shape index (κ3) is 4.93. The van der Waals surface area contributed by atoms with Gasteiger partial charge in [-0.2, -0.15) is 0 Å². The zero-order valence-electron chi connectivity index (χ0n) is 13.8. The molecule has 0 aliphatic carbocycles. The van der Waals surface area contributed by atoms with Gasteiger partial charge in [-0.1, -0.05) is 29.8 Å². The van der Waals surface area contributed by atoms with Crippen LogP contribution in [0.15, 0.2) is 66.9 Å². The topological polar surface area (TPSA) is 52.8 Å². The van der Waals surface area contributed by atoms with Crippen LogP contribution in [0.1, 0.15) is 16.7 Å². The Labute approximate surface area is 187 Å². The molecule has 138 valence electrons. The molecule has 2 N–H and O–H groups in total. The summed E-state index contributed by atoms with van der Waals surface area (Å²) in [4.78, 5) is 4.45. The molecule has 3 aromatic carbocycles. The van der Waals surface area contributed by atoms with Gasteiger partial charge in [-0.15, -0.1) is 0 Å². The molecule has 7 heteroatoms. The quantitative estimate of drug-likeness (QED) is 0.320. The summed E-state index contributed by atoms with van der Waals surface area (Å²) >= 11 is 16.4. The van der Waals surface area contributed by atoms with Gasteiger partial charge in [0.05, 0.1) is 10.2 Å². The van der Waals surface area contributed by atoms with Crippen LogP contribution in [0.2, 0.25) is 5.02 Å². The van der Waals surface area contributed by atoms with E-state index in [0.717, 1.165) is 11.1 Å². The Hall–Kier alpha value is -1.34. The van der Waals surface area contributed by atoms with Gasteiger partial charge in [0, 0.05) is 25.7 Å². The number of nitrogens with zero attached hydrogens (tertiary/aromatic N) is 1. The van der Waals surface area contributed by atoms with Crippen LogP contribution in [0.3, 0.4) is 0 Å². The second kappa shape index (κ2) is 8.78. The van der Waals surface area contributed by atoms with E-state index in [-0.39, 0.29) is 11.5 Å². The number of phenolic OH excluding ortho intramolecular Hbond substituents is 2. The Morgan fingerprint density at radius 2 is 1.59 bits per heavy atom. The van der Waals surface area contributed by atoms with Gasteiger partial charge >= 0.3 is 0 Å². The van der Waals surface area contributed by atoms with Crippen LogP contribution in [0.25, 0.3) is 0 Å². The Morgan fingerprint density at radius 1 is 0.926 bits per heavy atom. The van der Waals surface area contributed by atoms with Crippen molar-refractivity contribution in [3.05, 3.63) is 83.7 Å². The van der Waals surface area contributed by atoms with Crippen molar-refractivity contribution in [2.45, 2.75) is 6.42 Å². The van der Waals surface area contributed by atoms with E-state index in [2.05, 4.69) is 52.8 Å². The van der Waals surface area contributed by atoms with Crippen molar-refractivity contribution in [2.75, 3.05) is 0 Å². The third-order valence-electron chi connectivity index (χ3n) is 3.84. The first-order valence-corrected chi connectivity index (χ1v) is 10.6. The summed E-state index contributed by atoms with van der Waals surface area (Å²) in [7, 11) is 0. The van der Waals surface area contributed by atoms with E-state index in [4.69, 9.17) is 11.6 Å². The highest BCUT2D eigenvalue weighted by Gasteiger charge is 2.10. The summed E-state index contributed by atoms with van der Waals surface area (Å²) < 4.78 is 1.85. The van der Waals surface area contributed by atoms with Crippen molar-refractivity contribution in [1.82, 2.24) is 0 Å². The number of rotatable bonds is 4. The molecule has 3 rings (SSSR count). The average molecular weight is 574 g/mol. The van der Waals surface area contributed by atoms with Crippen LogP contribution in [0.4, 0.5) is 5.69 Å². The fourth-order valence-corrected chi connectivity index (χ4v) is 4.64. The minimum Gasteiger partial charge on any atom is -0.508 e. The standard InChI is InChI=1S/C20H13Br3ClNO2/c21-15-8-14(26)9-16(22)19(15)25-10-13-6-11(7-17(23)20(13)27)5-12-3-1-2-4-18(12)24/h1-4,6-10,26-27H,5H2. The highest BCUT2D eigenvalue weighted by atomic mass is 79.9. The van der Waals surface area contributed by atoms with Crippen LogP contribution >= 0.6 is 59.4 Å². The molecule has 3 aromatic rings. The van der Waals surface area contributed by atoms with E-state index < -0.39 is 0 Å². The minimum absolute atomic E-state index is 0.104. The van der Waals surface area contributed by atoms with Crippen molar-refractivity contribution >= 4 is 71.3 Å². The van der Waals surface area contributed by atoms with Gasteiger partial charge in [0.25, 0.3) is 0 Å². The molecule has 0 fully saturated rings. The highest BCUT2D eigenvalue weighted by molar-refractivity contribution is 9.11. The van der Waals surface area contributed by atoms with Crippen molar-refractivity contribution in [3.8, 4) is 11.5 Å². The molecule has 0 aliphatic heterocycles. The lowest BCUT2D eigenvalue weighted by atomic mass is 10.0. The summed E-state index contributed by atoms with van der Waals surface area (Å²) in [6.45, 7) is 0. The van der Waals surface area contributed by atoms with Crippen LogP contribution in [0, 0.1) is 0 Å². The second-order valence-corrected chi connectivity index (χ2v) is 8.77. The first-order chi connectivity index (χ1) is 12.8. The van der Waals surface area contributed by atoms with Gasteiger partial charge in [-0.25, -0.2) is 0 Å². The lowest BCUT2D eigenvalue weighted by Crippen LogP contribution is -1.93. The van der Waals surface area contributed by atoms with Gasteiger partial charge < -0.3 is 10.2 Å². The minimum atomic E-state index is 0.104. The first kappa shape index (κ1) is 20.4. The van der Waals surface area contributed by atoms with Gasteiger partial charge in [0.2, 0.25) is 0 Å². The van der Waals surface area contributed by atoms with E-state index in [1.165, 1.54) is 0 Å². The molecule has 0 aromatic heterocycles. The van der Waals surface area contributed by atoms with Crippen LogP contribution in [-0.2, 0) is 6.42 Å². The Kier molecular flexibility index (Phi) is 6.63. The van der Waals surface area contributed by atoms with Crippen molar-refractivity contribution in [2.24, 2.45) is 4.99 Å². The van der Waals surface area contributed by atoms with Crippen molar-refractivity contribution in [3.63, 3.8) is 0 Å². The summed E-state index contributed by atoms with van der Waals surface area (Å²) in [6.07, 6.45) is 2.21. The molecule has 0 radical (unpaired) electrons. The van der Waals surface area contributed by atoms with Crippen LogP contribution in [0.5, 0.6) is 11.5 Å². The molecular formula is C20H13Br3ClNO2. The van der Waals surface area contributed by atoms with Crippen molar-refractivity contribution in [1.29, 1.82) is 0 Å². The highest BCUT2D eigenvalue weighted by Crippen LogP contribution is 2.37. The van der Waals surface area contributed by atoms with E-state index in [1.807, 2.05) is 36.4 Å². The third-order valence-corrected chi connectivity index (χ3v) is 6.02. The largest absolute Gasteiger partial charge is 0.508 e. The molecule has 0 amide bonds. The molecular weight excluding hydrogens is 561 g/mol. The second-order valence-electron chi connectivity index (χ2n) is 5.80. The average Bonchev–Trinajstić information content (AvgIpc) is 2.60. The number of aromatic hydroxyl groups is 2. The van der Waals surface area contributed by atoms with Crippen LogP contribution in [-0.4, -0.2) is 16.4 Å². The summed E-state index contributed by atoms with van der Waals surface area (Å²) in [6, 6.07) is 14.5. The van der Waals surface area contributed by atoms with Gasteiger partial charge in [-0.3, -0.25) is 4.99 Å². The van der Waals surface area contributed by atoms with E-state index in [1.54, 1.807) is 18.3 Å². The molecule has 0 saturated carbocycles. The SMILES string of the molecule is Oc1cc(Br)c(N=Cc2cc(Cc3ccccc3Cl)cc(Br)c2O)c(Br)c1. The van der Waals surface area contributed by atoms with E-state index >= 15 is 0 Å². The maximum absolute atomic E-state index is 10.4.